The molecule has 4 rings (SSSR count). The highest BCUT2D eigenvalue weighted by Crippen LogP contribution is 2.32. The molecule has 0 radical (unpaired) electrons. The van der Waals surface area contributed by atoms with Crippen LogP contribution in [0.25, 0.3) is 0 Å². The zero-order valence-corrected chi connectivity index (χ0v) is 16.3. The van der Waals surface area contributed by atoms with Crippen LogP contribution in [0.3, 0.4) is 0 Å². The molecule has 5 heteroatoms. The van der Waals surface area contributed by atoms with Crippen molar-refractivity contribution >= 4 is 5.91 Å². The maximum absolute atomic E-state index is 12.6. The summed E-state index contributed by atoms with van der Waals surface area (Å²) in [6.45, 7) is 3.28. The van der Waals surface area contributed by atoms with Gasteiger partial charge in [-0.1, -0.05) is 6.07 Å². The fourth-order valence-electron chi connectivity index (χ4n) is 3.70. The van der Waals surface area contributed by atoms with E-state index in [0.29, 0.717) is 24.9 Å². The summed E-state index contributed by atoms with van der Waals surface area (Å²) in [5.41, 5.74) is 1.61. The van der Waals surface area contributed by atoms with Gasteiger partial charge in [0.1, 0.15) is 5.75 Å². The zero-order valence-electron chi connectivity index (χ0n) is 16.3. The average Bonchev–Trinajstić information content (AvgIpc) is 3.10. The molecule has 2 aromatic rings. The number of ether oxygens (including phenoxy) is 3. The lowest BCUT2D eigenvalue weighted by atomic mass is 10.1. The molecule has 1 amide bonds. The van der Waals surface area contributed by atoms with E-state index in [1.165, 1.54) is 12.8 Å². The topological polar surface area (TPSA) is 56.8 Å². The van der Waals surface area contributed by atoms with Crippen molar-refractivity contribution in [1.29, 1.82) is 0 Å². The van der Waals surface area contributed by atoms with Gasteiger partial charge in [-0.25, -0.2) is 0 Å². The standard InChI is InChI=1S/C23H27NO4/c1-16(18-9-12-21-22(15-18)27-14-4-13-26-21)24-23(25)17-7-10-20(11-8-17)28-19-5-2-3-6-19/h7-12,15-16,19H,2-6,13-14H2,1H3,(H,24,25). The van der Waals surface area contributed by atoms with E-state index in [-0.39, 0.29) is 11.9 Å². The molecule has 1 atom stereocenters. The lowest BCUT2D eigenvalue weighted by molar-refractivity contribution is 0.0939. The van der Waals surface area contributed by atoms with Crippen molar-refractivity contribution in [2.45, 2.75) is 51.2 Å². The van der Waals surface area contributed by atoms with Gasteiger partial charge in [-0.05, 0) is 74.6 Å². The van der Waals surface area contributed by atoms with Gasteiger partial charge >= 0.3 is 0 Å². The van der Waals surface area contributed by atoms with E-state index in [0.717, 1.165) is 42.1 Å². The van der Waals surface area contributed by atoms with Crippen LogP contribution in [0.1, 0.15) is 61.0 Å². The largest absolute Gasteiger partial charge is 0.490 e. The van der Waals surface area contributed by atoms with E-state index < -0.39 is 0 Å². The number of nitrogens with one attached hydrogen (secondary N) is 1. The molecule has 1 aliphatic heterocycles. The molecule has 1 heterocycles. The Morgan fingerprint density at radius 2 is 1.71 bits per heavy atom. The van der Waals surface area contributed by atoms with Crippen LogP contribution in [0.15, 0.2) is 42.5 Å². The molecule has 28 heavy (non-hydrogen) atoms. The van der Waals surface area contributed by atoms with Gasteiger partial charge in [-0.15, -0.1) is 0 Å². The van der Waals surface area contributed by atoms with Crippen LogP contribution in [0.5, 0.6) is 17.2 Å². The summed E-state index contributed by atoms with van der Waals surface area (Å²) in [6, 6.07) is 13.1. The van der Waals surface area contributed by atoms with E-state index in [1.807, 2.05) is 49.4 Å². The van der Waals surface area contributed by atoms with Crippen LogP contribution in [-0.2, 0) is 0 Å². The molecule has 2 aliphatic rings. The summed E-state index contributed by atoms with van der Waals surface area (Å²) in [4.78, 5) is 12.6. The number of rotatable bonds is 5. The summed E-state index contributed by atoms with van der Waals surface area (Å²) < 4.78 is 17.4. The van der Waals surface area contributed by atoms with Crippen molar-refractivity contribution < 1.29 is 19.0 Å². The third-order valence-corrected chi connectivity index (χ3v) is 5.34. The monoisotopic (exact) mass is 381 g/mol. The Labute approximate surface area is 166 Å². The minimum absolute atomic E-state index is 0.105. The first-order valence-corrected chi connectivity index (χ1v) is 10.2. The lowest BCUT2D eigenvalue weighted by Crippen LogP contribution is -2.26. The van der Waals surface area contributed by atoms with E-state index in [9.17, 15) is 4.79 Å². The van der Waals surface area contributed by atoms with Gasteiger partial charge < -0.3 is 19.5 Å². The molecule has 0 saturated heterocycles. The molecule has 1 fully saturated rings. The Morgan fingerprint density at radius 3 is 2.46 bits per heavy atom. The van der Waals surface area contributed by atoms with Gasteiger partial charge in [-0.3, -0.25) is 4.79 Å². The predicted molar refractivity (Wildman–Crippen MR) is 107 cm³/mol. The Morgan fingerprint density at radius 1 is 1.00 bits per heavy atom. The smallest absolute Gasteiger partial charge is 0.251 e. The molecule has 148 valence electrons. The van der Waals surface area contributed by atoms with Gasteiger partial charge in [0.2, 0.25) is 0 Å². The average molecular weight is 381 g/mol. The molecule has 2 aromatic carbocycles. The zero-order chi connectivity index (χ0) is 19.3. The molecule has 5 nitrogen and oxygen atoms in total. The number of carbonyl (C=O) groups is 1. The second-order valence-electron chi connectivity index (χ2n) is 7.50. The van der Waals surface area contributed by atoms with E-state index in [4.69, 9.17) is 14.2 Å². The van der Waals surface area contributed by atoms with Gasteiger partial charge in [0, 0.05) is 12.0 Å². The van der Waals surface area contributed by atoms with Crippen molar-refractivity contribution in [2.24, 2.45) is 0 Å². The van der Waals surface area contributed by atoms with Crippen molar-refractivity contribution in [1.82, 2.24) is 5.32 Å². The van der Waals surface area contributed by atoms with Crippen LogP contribution < -0.4 is 19.5 Å². The molecule has 1 N–H and O–H groups in total. The van der Waals surface area contributed by atoms with Crippen molar-refractivity contribution in [3.8, 4) is 17.2 Å². The Kier molecular flexibility index (Phi) is 5.70. The summed E-state index contributed by atoms with van der Waals surface area (Å²) in [7, 11) is 0. The van der Waals surface area contributed by atoms with Crippen molar-refractivity contribution in [3.05, 3.63) is 53.6 Å². The Balaban J connectivity index is 1.38. The Hall–Kier alpha value is -2.69. The first kappa shape index (κ1) is 18.7. The molecular weight excluding hydrogens is 354 g/mol. The molecule has 1 saturated carbocycles. The molecule has 0 aromatic heterocycles. The van der Waals surface area contributed by atoms with E-state index in [1.54, 1.807) is 0 Å². The number of hydrogen-bond acceptors (Lipinski definition) is 4. The lowest BCUT2D eigenvalue weighted by Gasteiger charge is -2.17. The molecule has 1 unspecified atom stereocenters. The first-order valence-electron chi connectivity index (χ1n) is 10.2. The number of fused-ring (bicyclic) bond motifs is 1. The fraction of sp³-hybridized carbons (Fsp3) is 0.435. The number of carbonyl (C=O) groups excluding carboxylic acids is 1. The number of amides is 1. The quantitative estimate of drug-likeness (QED) is 0.818. The fourth-order valence-corrected chi connectivity index (χ4v) is 3.70. The molecular formula is C23H27NO4. The highest BCUT2D eigenvalue weighted by atomic mass is 16.5. The highest BCUT2D eigenvalue weighted by Gasteiger charge is 2.18. The minimum Gasteiger partial charge on any atom is -0.490 e. The van der Waals surface area contributed by atoms with Crippen LogP contribution in [0.4, 0.5) is 0 Å². The van der Waals surface area contributed by atoms with Gasteiger partial charge in [-0.2, -0.15) is 0 Å². The van der Waals surface area contributed by atoms with Crippen molar-refractivity contribution in [3.63, 3.8) is 0 Å². The third kappa shape index (κ3) is 4.41. The summed E-state index contributed by atoms with van der Waals surface area (Å²) in [5.74, 6) is 2.23. The van der Waals surface area contributed by atoms with Gasteiger partial charge in [0.15, 0.2) is 11.5 Å². The SMILES string of the molecule is CC(NC(=O)c1ccc(OC2CCCC2)cc1)c1ccc2c(c1)OCCCO2. The predicted octanol–water partition coefficient (Wildman–Crippen LogP) is 4.66. The van der Waals surface area contributed by atoms with E-state index in [2.05, 4.69) is 5.32 Å². The van der Waals surface area contributed by atoms with Crippen LogP contribution in [0, 0.1) is 0 Å². The molecule has 0 bridgehead atoms. The molecule has 1 aliphatic carbocycles. The maximum Gasteiger partial charge on any atom is 0.251 e. The van der Waals surface area contributed by atoms with Crippen LogP contribution >= 0.6 is 0 Å². The van der Waals surface area contributed by atoms with Crippen molar-refractivity contribution in [2.75, 3.05) is 13.2 Å². The maximum atomic E-state index is 12.6. The van der Waals surface area contributed by atoms with Gasteiger partial charge in [0.05, 0.1) is 25.4 Å². The van der Waals surface area contributed by atoms with Crippen LogP contribution in [0.2, 0.25) is 0 Å². The minimum atomic E-state index is -0.140. The normalized spacial score (nSPS) is 17.6. The Bertz CT molecular complexity index is 812. The number of hydrogen-bond donors (Lipinski definition) is 1. The highest BCUT2D eigenvalue weighted by molar-refractivity contribution is 5.94. The summed E-state index contributed by atoms with van der Waals surface area (Å²) >= 11 is 0. The van der Waals surface area contributed by atoms with Gasteiger partial charge in [0.25, 0.3) is 5.91 Å². The third-order valence-electron chi connectivity index (χ3n) is 5.34. The van der Waals surface area contributed by atoms with E-state index >= 15 is 0 Å². The summed E-state index contributed by atoms with van der Waals surface area (Å²) in [6.07, 6.45) is 5.91. The second-order valence-corrected chi connectivity index (χ2v) is 7.50. The summed E-state index contributed by atoms with van der Waals surface area (Å²) in [5, 5.41) is 3.05. The molecule has 0 spiro atoms. The van der Waals surface area contributed by atoms with Crippen LogP contribution in [-0.4, -0.2) is 25.2 Å². The second kappa shape index (κ2) is 8.55. The first-order chi connectivity index (χ1) is 13.7. The number of benzene rings is 2.